The Bertz CT molecular complexity index is 3750. The quantitative estimate of drug-likeness (QED) is 0.126. The van der Waals surface area contributed by atoms with E-state index in [1.54, 1.807) is 0 Å². The number of hydrogen-bond donors (Lipinski definition) is 0. The molecule has 0 amide bonds. The van der Waals surface area contributed by atoms with Gasteiger partial charge < -0.3 is 9.80 Å². The van der Waals surface area contributed by atoms with Crippen LogP contribution in [0, 0.1) is 0 Å². The van der Waals surface area contributed by atoms with Gasteiger partial charge in [0.1, 0.15) is 0 Å². The van der Waals surface area contributed by atoms with Crippen LogP contribution in [-0.2, 0) is 10.8 Å². The van der Waals surface area contributed by atoms with Crippen LogP contribution < -0.4 is 20.2 Å². The second kappa shape index (κ2) is 18.6. The van der Waals surface area contributed by atoms with Crippen LogP contribution in [0.3, 0.4) is 0 Å². The Hall–Kier alpha value is -7.51. The van der Waals surface area contributed by atoms with Crippen LogP contribution in [-0.4, -0.2) is 16.1 Å². The number of fused-ring (bicyclic) bond motifs is 7. The fraction of sp³-hybridized carbons (Fsp3) is 0.205. The highest BCUT2D eigenvalue weighted by Crippen LogP contribution is 2.58. The highest BCUT2D eigenvalue weighted by Gasteiger charge is 2.36. The number of benzene rings is 10. The first-order chi connectivity index (χ1) is 36.7. The summed E-state index contributed by atoms with van der Waals surface area (Å²) in [6.45, 7) is 28.3. The van der Waals surface area contributed by atoms with Crippen molar-refractivity contribution in [2.75, 3.05) is 9.80 Å². The topological polar surface area (TPSA) is 6.48 Å². The maximum Gasteiger partial charge on any atom is 0.0775 e. The van der Waals surface area contributed by atoms with Crippen molar-refractivity contribution >= 4 is 71.4 Å². The second-order valence-electron chi connectivity index (χ2n) is 25.9. The van der Waals surface area contributed by atoms with Crippen molar-refractivity contribution in [2.45, 2.75) is 97.6 Å². The number of nitrogens with zero attached hydrogens (tertiary/aromatic N) is 2. The highest BCUT2D eigenvalue weighted by molar-refractivity contribution is 6.89. The van der Waals surface area contributed by atoms with Crippen molar-refractivity contribution in [3.8, 4) is 44.5 Å². The van der Waals surface area contributed by atoms with Gasteiger partial charge in [0.25, 0.3) is 0 Å². The largest absolute Gasteiger partial charge is 0.311 e. The number of rotatable bonds is 10. The summed E-state index contributed by atoms with van der Waals surface area (Å²) in [4.78, 5) is 4.91. The van der Waals surface area contributed by atoms with E-state index in [1.165, 1.54) is 93.5 Å². The first-order valence-electron chi connectivity index (χ1n) is 27.8. The van der Waals surface area contributed by atoms with Gasteiger partial charge in [0.2, 0.25) is 0 Å². The minimum Gasteiger partial charge on any atom is -0.311 e. The van der Waals surface area contributed by atoms with E-state index in [0.29, 0.717) is 0 Å². The third-order valence-electron chi connectivity index (χ3n) is 16.6. The van der Waals surface area contributed by atoms with Crippen LogP contribution >= 0.6 is 0 Å². The van der Waals surface area contributed by atoms with Crippen molar-refractivity contribution in [2.24, 2.45) is 0 Å². The minimum atomic E-state index is -1.55. The highest BCUT2D eigenvalue weighted by atomic mass is 28.3. The van der Waals surface area contributed by atoms with Gasteiger partial charge in [0.15, 0.2) is 0 Å². The summed E-state index contributed by atoms with van der Waals surface area (Å²) < 4.78 is 0. The van der Waals surface area contributed by atoms with Gasteiger partial charge in [-0.25, -0.2) is 0 Å². The van der Waals surface area contributed by atoms with E-state index in [2.05, 4.69) is 303 Å². The van der Waals surface area contributed by atoms with E-state index >= 15 is 0 Å². The lowest BCUT2D eigenvalue weighted by atomic mass is 9.82. The second-order valence-corrected chi connectivity index (χ2v) is 36.0. The molecular formula is C73H72N2Si2. The van der Waals surface area contributed by atoms with Gasteiger partial charge >= 0.3 is 0 Å². The van der Waals surface area contributed by atoms with Crippen molar-refractivity contribution < 1.29 is 0 Å². The van der Waals surface area contributed by atoms with Gasteiger partial charge in [-0.2, -0.15) is 0 Å². The molecule has 10 aromatic carbocycles. The van der Waals surface area contributed by atoms with Gasteiger partial charge in [-0.1, -0.05) is 225 Å². The van der Waals surface area contributed by atoms with Crippen molar-refractivity contribution in [3.05, 3.63) is 240 Å². The normalized spacial score (nSPS) is 13.8. The molecule has 382 valence electrons. The zero-order valence-corrected chi connectivity index (χ0v) is 49.2. The molecule has 0 radical (unpaired) electrons. The summed E-state index contributed by atoms with van der Waals surface area (Å²) in [6.07, 6.45) is 0. The molecule has 1 atom stereocenters. The number of hydrogen-bond acceptors (Lipinski definition) is 2. The monoisotopic (exact) mass is 1030 g/mol. The third kappa shape index (κ3) is 8.99. The Morgan fingerprint density at radius 3 is 1.23 bits per heavy atom. The van der Waals surface area contributed by atoms with Gasteiger partial charge in [-0.05, 0) is 173 Å². The van der Waals surface area contributed by atoms with E-state index in [-0.39, 0.29) is 16.7 Å². The van der Waals surface area contributed by atoms with Crippen molar-refractivity contribution in [1.82, 2.24) is 0 Å². The average Bonchev–Trinajstić information content (AvgIpc) is 4.18. The zero-order chi connectivity index (χ0) is 53.8. The average molecular weight is 1030 g/mol. The fourth-order valence-corrected chi connectivity index (χ4v) is 14.6. The molecule has 12 rings (SSSR count). The molecule has 2 aliphatic rings. The third-order valence-corrected chi connectivity index (χ3v) is 20.7. The summed E-state index contributed by atoms with van der Waals surface area (Å²) in [7, 11) is -3.06. The maximum absolute atomic E-state index is 2.56. The molecule has 0 saturated carbocycles. The SMILES string of the molecule is CC(C)(C)c1ccc(N(c2ccc(-c3ccc(N(c4ccc(C(C)(C)C)cc4)c4ccc([Si](C)(C)C)cc4)cc3C3c4ccccc4-c4c3cc3c5c(cccc45)-c4ccccc4-3)cc2)c2ccc([Si](C)(C)C)cc2)cc1. The Morgan fingerprint density at radius 2 is 0.740 bits per heavy atom. The molecule has 2 aliphatic carbocycles. The Morgan fingerprint density at radius 1 is 0.325 bits per heavy atom. The lowest BCUT2D eigenvalue weighted by Crippen LogP contribution is -2.37. The molecule has 1 unspecified atom stereocenters. The van der Waals surface area contributed by atoms with Crippen molar-refractivity contribution in [3.63, 3.8) is 0 Å². The summed E-state index contributed by atoms with van der Waals surface area (Å²) in [6, 6.07) is 81.8. The molecule has 10 aromatic rings. The summed E-state index contributed by atoms with van der Waals surface area (Å²) in [5, 5.41) is 5.62. The van der Waals surface area contributed by atoms with Crippen LogP contribution in [0.15, 0.2) is 212 Å². The van der Waals surface area contributed by atoms with Crippen molar-refractivity contribution in [1.29, 1.82) is 0 Å². The molecule has 2 nitrogen and oxygen atoms in total. The minimum absolute atomic E-state index is 0.0324. The molecule has 77 heavy (non-hydrogen) atoms. The fourth-order valence-electron chi connectivity index (χ4n) is 12.2. The molecular weight excluding hydrogens is 961 g/mol. The lowest BCUT2D eigenvalue weighted by molar-refractivity contribution is 0.590. The summed E-state index contributed by atoms with van der Waals surface area (Å²) >= 11 is 0. The molecule has 0 bridgehead atoms. The number of anilines is 6. The van der Waals surface area contributed by atoms with Gasteiger partial charge in [-0.3, -0.25) is 0 Å². The Balaban J connectivity index is 1.07. The molecule has 0 aromatic heterocycles. The van der Waals surface area contributed by atoms with Crippen LogP contribution in [0.25, 0.3) is 55.3 Å². The molecule has 0 fully saturated rings. The van der Waals surface area contributed by atoms with E-state index in [4.69, 9.17) is 0 Å². The van der Waals surface area contributed by atoms with E-state index in [9.17, 15) is 0 Å². The van der Waals surface area contributed by atoms with Crippen LogP contribution in [0.2, 0.25) is 39.3 Å². The van der Waals surface area contributed by atoms with Gasteiger partial charge in [0.05, 0.1) is 16.1 Å². The zero-order valence-electron chi connectivity index (χ0n) is 47.2. The predicted molar refractivity (Wildman–Crippen MR) is 339 cm³/mol. The molecule has 0 spiro atoms. The first kappa shape index (κ1) is 50.3. The molecule has 4 heteroatoms. The summed E-state index contributed by atoms with van der Waals surface area (Å²) in [5.41, 5.74) is 24.0. The van der Waals surface area contributed by atoms with Crippen LogP contribution in [0.4, 0.5) is 34.1 Å². The lowest BCUT2D eigenvalue weighted by Gasteiger charge is -2.30. The molecule has 0 aliphatic heterocycles. The van der Waals surface area contributed by atoms with Gasteiger partial charge in [0, 0.05) is 40.0 Å². The standard InChI is InChI=1S/C73H72N2Si2/c1-72(2,3)49-26-32-52(33-27-49)74(54-36-41-57(42-37-54)76(7,8)9)51-30-24-48(25-31-51)59-45-40-56(75(53-34-28-50(29-35-53)73(4,5)6)55-38-43-58(44-39-55)77(10,11)12)46-66(59)71-64-21-16-15-20-63(64)70-65-23-17-22-62-60-18-13-14-19-61(60)67(69(62)65)47-68(70)71/h13-47,71H,1-12H3. The molecule has 0 heterocycles. The Kier molecular flexibility index (Phi) is 12.2. The molecule has 0 N–H and O–H groups in total. The smallest absolute Gasteiger partial charge is 0.0775 e. The van der Waals surface area contributed by atoms with Gasteiger partial charge in [-0.15, -0.1) is 0 Å². The molecule has 0 saturated heterocycles. The van der Waals surface area contributed by atoms with Crippen LogP contribution in [0.5, 0.6) is 0 Å². The first-order valence-corrected chi connectivity index (χ1v) is 34.8. The maximum atomic E-state index is 2.56. The van der Waals surface area contributed by atoms with E-state index < -0.39 is 16.1 Å². The summed E-state index contributed by atoms with van der Waals surface area (Å²) in [5.74, 6) is -0.0324. The van der Waals surface area contributed by atoms with E-state index in [0.717, 1.165) is 34.1 Å². The van der Waals surface area contributed by atoms with Crippen LogP contribution in [0.1, 0.15) is 75.3 Å². The Labute approximate surface area is 460 Å². The van der Waals surface area contributed by atoms with E-state index in [1.807, 2.05) is 0 Å². The predicted octanol–water partition coefficient (Wildman–Crippen LogP) is 19.9.